The molecule has 1 unspecified atom stereocenters. The number of carbonyl (C=O) groups excluding carboxylic acids is 2. The van der Waals surface area contributed by atoms with E-state index >= 15 is 0 Å². The Morgan fingerprint density at radius 1 is 1.38 bits per heavy atom. The fraction of sp³-hybridized carbons (Fsp3) is 0.385. The van der Waals surface area contributed by atoms with Gasteiger partial charge in [-0.05, 0) is 11.3 Å². The first-order valence-corrected chi connectivity index (χ1v) is 6.74. The maximum Gasteiger partial charge on any atom is 0.412 e. The monoisotopic (exact) mass is 320 g/mol. The van der Waals surface area contributed by atoms with E-state index in [-0.39, 0.29) is 11.3 Å². The van der Waals surface area contributed by atoms with Crippen LogP contribution in [0, 0.1) is 5.92 Å². The van der Waals surface area contributed by atoms with Crippen molar-refractivity contribution < 1.29 is 32.2 Å². The van der Waals surface area contributed by atoms with E-state index in [4.69, 9.17) is 4.74 Å². The van der Waals surface area contributed by atoms with Gasteiger partial charge in [-0.25, -0.2) is 9.59 Å². The number of rotatable bonds is 3. The van der Waals surface area contributed by atoms with Crippen molar-refractivity contribution in [3.8, 4) is 0 Å². The van der Waals surface area contributed by atoms with Crippen LogP contribution < -0.4 is 0 Å². The molecule has 114 valence electrons. The predicted octanol–water partition coefficient (Wildman–Crippen LogP) is 2.73. The first-order valence-electron chi connectivity index (χ1n) is 5.93. The summed E-state index contributed by atoms with van der Waals surface area (Å²) < 4.78 is 46.9. The summed E-state index contributed by atoms with van der Waals surface area (Å²) in [5.74, 6) is -1.92. The molecule has 21 heavy (non-hydrogen) atoms. The zero-order valence-electron chi connectivity index (χ0n) is 10.9. The average Bonchev–Trinajstić information content (AvgIpc) is 2.86. The molecule has 0 saturated heterocycles. The Labute approximate surface area is 122 Å². The minimum atomic E-state index is -4.37. The van der Waals surface area contributed by atoms with Crippen molar-refractivity contribution in [2.24, 2.45) is 5.92 Å². The van der Waals surface area contributed by atoms with Crippen molar-refractivity contribution in [3.63, 3.8) is 0 Å². The van der Waals surface area contributed by atoms with Crippen molar-refractivity contribution in [1.82, 2.24) is 0 Å². The molecule has 0 spiro atoms. The normalized spacial score (nSPS) is 21.0. The number of methoxy groups -OCH3 is 1. The molecule has 0 aromatic rings. The van der Waals surface area contributed by atoms with E-state index in [2.05, 4.69) is 4.74 Å². The second-order valence-electron chi connectivity index (χ2n) is 4.35. The molecule has 1 heterocycles. The Bertz CT molecular complexity index is 560. The Balaban J connectivity index is 2.00. The van der Waals surface area contributed by atoms with Gasteiger partial charge in [0.05, 0.1) is 12.0 Å². The highest BCUT2D eigenvalue weighted by molar-refractivity contribution is 8.07. The summed E-state index contributed by atoms with van der Waals surface area (Å²) in [6.45, 7) is -0.525. The topological polar surface area (TPSA) is 52.6 Å². The molecule has 0 bridgehead atoms. The first kappa shape index (κ1) is 15.7. The first-order chi connectivity index (χ1) is 9.81. The van der Waals surface area contributed by atoms with E-state index in [1.165, 1.54) is 12.2 Å². The highest BCUT2D eigenvalue weighted by Gasteiger charge is 2.39. The SMILES string of the molecule is COC(=O)COC(=O)C1=CC2CC(C(F)(F)F)=CC=C2S1. The molecule has 8 heteroatoms. The summed E-state index contributed by atoms with van der Waals surface area (Å²) in [5, 5.41) is 0. The van der Waals surface area contributed by atoms with Crippen LogP contribution in [-0.4, -0.2) is 31.8 Å². The van der Waals surface area contributed by atoms with Crippen molar-refractivity contribution in [1.29, 1.82) is 0 Å². The minimum absolute atomic E-state index is 0.187. The third kappa shape index (κ3) is 3.69. The van der Waals surface area contributed by atoms with Gasteiger partial charge in [0.15, 0.2) is 6.61 Å². The van der Waals surface area contributed by atoms with Crippen LogP contribution in [0.25, 0.3) is 0 Å². The summed E-state index contributed by atoms with van der Waals surface area (Å²) >= 11 is 1.06. The summed E-state index contributed by atoms with van der Waals surface area (Å²) in [5.41, 5.74) is -0.628. The summed E-state index contributed by atoms with van der Waals surface area (Å²) in [6, 6.07) is 0. The Hall–Kier alpha value is -1.70. The zero-order valence-corrected chi connectivity index (χ0v) is 11.7. The van der Waals surface area contributed by atoms with Gasteiger partial charge in [0.25, 0.3) is 0 Å². The maximum absolute atomic E-state index is 12.6. The number of esters is 2. The van der Waals surface area contributed by atoms with Crippen LogP contribution in [0.2, 0.25) is 0 Å². The van der Waals surface area contributed by atoms with Crippen molar-refractivity contribution >= 4 is 23.7 Å². The van der Waals surface area contributed by atoms with Gasteiger partial charge >= 0.3 is 18.1 Å². The lowest BCUT2D eigenvalue weighted by Gasteiger charge is -2.19. The van der Waals surface area contributed by atoms with Crippen molar-refractivity contribution in [2.75, 3.05) is 13.7 Å². The smallest absolute Gasteiger partial charge is 0.412 e. The number of fused-ring (bicyclic) bond motifs is 1. The maximum atomic E-state index is 12.6. The molecule has 0 aromatic heterocycles. The number of thioether (sulfide) groups is 1. The fourth-order valence-corrected chi connectivity index (χ4v) is 2.95. The molecule has 0 amide bonds. The number of hydrogen-bond donors (Lipinski definition) is 0. The highest BCUT2D eigenvalue weighted by atomic mass is 32.2. The summed E-state index contributed by atoms with van der Waals surface area (Å²) in [6.07, 6.45) is -0.742. The van der Waals surface area contributed by atoms with Crippen LogP contribution in [0.15, 0.2) is 33.6 Å². The van der Waals surface area contributed by atoms with Gasteiger partial charge < -0.3 is 9.47 Å². The number of allylic oxidation sites excluding steroid dienone is 5. The molecule has 0 saturated carbocycles. The molecule has 2 aliphatic rings. The molecule has 4 nitrogen and oxygen atoms in total. The minimum Gasteiger partial charge on any atom is -0.466 e. The molecule has 0 fully saturated rings. The van der Waals surface area contributed by atoms with Gasteiger partial charge in [0, 0.05) is 11.5 Å². The van der Waals surface area contributed by atoms with Crippen LogP contribution in [0.4, 0.5) is 13.2 Å². The lowest BCUT2D eigenvalue weighted by Crippen LogP contribution is -2.16. The lowest BCUT2D eigenvalue weighted by molar-refractivity contribution is -0.154. The molecule has 1 aliphatic carbocycles. The quantitative estimate of drug-likeness (QED) is 0.749. The molecule has 1 aliphatic heterocycles. The Morgan fingerprint density at radius 3 is 2.71 bits per heavy atom. The Kier molecular flexibility index (Phi) is 4.46. The second-order valence-corrected chi connectivity index (χ2v) is 5.47. The summed E-state index contributed by atoms with van der Waals surface area (Å²) in [7, 11) is 1.16. The third-order valence-electron chi connectivity index (χ3n) is 2.95. The molecule has 0 aromatic carbocycles. The number of ether oxygens (including phenoxy) is 2. The van der Waals surface area contributed by atoms with Crippen LogP contribution in [-0.2, 0) is 19.1 Å². The zero-order chi connectivity index (χ0) is 15.6. The Morgan fingerprint density at radius 2 is 2.10 bits per heavy atom. The van der Waals surface area contributed by atoms with E-state index in [1.807, 2.05) is 0 Å². The molecule has 0 N–H and O–H groups in total. The van der Waals surface area contributed by atoms with Crippen LogP contribution in [0.5, 0.6) is 0 Å². The average molecular weight is 320 g/mol. The number of halogens is 3. The molecular formula is C13H11F3O4S. The van der Waals surface area contributed by atoms with E-state index in [0.29, 0.717) is 4.91 Å². The van der Waals surface area contributed by atoms with Crippen molar-refractivity contribution in [3.05, 3.63) is 33.6 Å². The lowest BCUT2D eigenvalue weighted by atomic mass is 9.93. The number of carbonyl (C=O) groups is 2. The van der Waals surface area contributed by atoms with Gasteiger partial charge in [-0.15, -0.1) is 0 Å². The van der Waals surface area contributed by atoms with Crippen LogP contribution in [0.1, 0.15) is 6.42 Å². The van der Waals surface area contributed by atoms with E-state index in [1.54, 1.807) is 0 Å². The predicted molar refractivity (Wildman–Crippen MR) is 69.0 cm³/mol. The van der Waals surface area contributed by atoms with E-state index in [0.717, 1.165) is 24.9 Å². The largest absolute Gasteiger partial charge is 0.466 e. The fourth-order valence-electron chi connectivity index (χ4n) is 1.88. The van der Waals surface area contributed by atoms with Gasteiger partial charge in [-0.1, -0.05) is 30.0 Å². The number of alkyl halides is 3. The second kappa shape index (κ2) is 5.97. The van der Waals surface area contributed by atoms with Gasteiger partial charge in [-0.2, -0.15) is 13.2 Å². The molecule has 0 radical (unpaired) electrons. The van der Waals surface area contributed by atoms with Crippen LogP contribution in [0.3, 0.4) is 0 Å². The molecular weight excluding hydrogens is 309 g/mol. The van der Waals surface area contributed by atoms with Gasteiger partial charge in [-0.3, -0.25) is 0 Å². The standard InChI is InChI=1S/C13H11F3O4S/c1-19-11(17)6-20-12(18)10-5-7-4-8(13(14,15)16)2-3-9(7)21-10/h2-3,5,7H,4,6H2,1H3. The van der Waals surface area contributed by atoms with Crippen molar-refractivity contribution in [2.45, 2.75) is 12.6 Å². The van der Waals surface area contributed by atoms with Gasteiger partial charge in [0.1, 0.15) is 0 Å². The summed E-state index contributed by atoms with van der Waals surface area (Å²) in [4.78, 5) is 23.4. The third-order valence-corrected chi connectivity index (χ3v) is 4.15. The molecule has 1 atom stereocenters. The van der Waals surface area contributed by atoms with E-state index in [9.17, 15) is 22.8 Å². The van der Waals surface area contributed by atoms with Crippen LogP contribution >= 0.6 is 11.8 Å². The van der Waals surface area contributed by atoms with E-state index < -0.39 is 36.2 Å². The molecule has 2 rings (SSSR count). The highest BCUT2D eigenvalue weighted by Crippen LogP contribution is 2.47. The number of hydrogen-bond acceptors (Lipinski definition) is 5. The van der Waals surface area contributed by atoms with Gasteiger partial charge in [0.2, 0.25) is 0 Å².